The number of rotatable bonds is 8. The van der Waals surface area contributed by atoms with Gasteiger partial charge in [-0.2, -0.15) is 0 Å². The van der Waals surface area contributed by atoms with E-state index >= 15 is 0 Å². The third-order valence-corrected chi connectivity index (χ3v) is 4.31. The fourth-order valence-electron chi connectivity index (χ4n) is 2.82. The lowest BCUT2D eigenvalue weighted by Crippen LogP contribution is -2.28. The molecule has 0 radical (unpaired) electrons. The van der Waals surface area contributed by atoms with Gasteiger partial charge in [0.1, 0.15) is 18.1 Å². The van der Waals surface area contributed by atoms with Crippen LogP contribution in [0.15, 0.2) is 84.6 Å². The number of benzene rings is 3. The first-order valence-electron chi connectivity index (χ1n) is 9.72. The second-order valence-corrected chi connectivity index (χ2v) is 6.84. The first-order valence-corrected chi connectivity index (χ1v) is 9.72. The standard InChI is InChI=1S/C24H21N3O5/c1-17(28)25-23(15-19-8-5-9-21(14-19)27(30)31)24(29)26-20-10-12-22(13-11-20)32-16-18-6-3-2-4-7-18/h2-15H,16H2,1H3,(H,25,28)(H,26,29)/b23-15-. The first-order chi connectivity index (χ1) is 15.4. The second-order valence-electron chi connectivity index (χ2n) is 6.84. The van der Waals surface area contributed by atoms with Crippen molar-refractivity contribution in [3.8, 4) is 5.75 Å². The van der Waals surface area contributed by atoms with Crippen LogP contribution in [0.25, 0.3) is 6.08 Å². The van der Waals surface area contributed by atoms with Crippen LogP contribution in [-0.4, -0.2) is 16.7 Å². The van der Waals surface area contributed by atoms with Crippen LogP contribution in [0, 0.1) is 10.1 Å². The predicted octanol–water partition coefficient (Wildman–Crippen LogP) is 4.29. The summed E-state index contributed by atoms with van der Waals surface area (Å²) in [6.45, 7) is 1.69. The van der Waals surface area contributed by atoms with Gasteiger partial charge < -0.3 is 15.4 Å². The number of carbonyl (C=O) groups is 2. The molecule has 0 saturated carbocycles. The van der Waals surface area contributed by atoms with Gasteiger partial charge in [-0.05, 0) is 41.5 Å². The molecule has 0 aromatic heterocycles. The molecule has 0 aliphatic rings. The van der Waals surface area contributed by atoms with Gasteiger partial charge in [0.05, 0.1) is 4.92 Å². The van der Waals surface area contributed by atoms with Crippen molar-refractivity contribution >= 4 is 29.3 Å². The van der Waals surface area contributed by atoms with Gasteiger partial charge in [0.25, 0.3) is 11.6 Å². The summed E-state index contributed by atoms with van der Waals surface area (Å²) in [5, 5.41) is 16.1. The second kappa shape index (κ2) is 10.5. The predicted molar refractivity (Wildman–Crippen MR) is 121 cm³/mol. The summed E-state index contributed by atoms with van der Waals surface area (Å²) in [7, 11) is 0. The number of hydrogen-bond acceptors (Lipinski definition) is 5. The Morgan fingerprint density at radius 1 is 1.00 bits per heavy atom. The van der Waals surface area contributed by atoms with Crippen molar-refractivity contribution < 1.29 is 19.2 Å². The highest BCUT2D eigenvalue weighted by atomic mass is 16.6. The molecule has 162 valence electrons. The molecule has 0 heterocycles. The van der Waals surface area contributed by atoms with Crippen molar-refractivity contribution in [3.05, 3.63) is 106 Å². The molecule has 3 aromatic rings. The van der Waals surface area contributed by atoms with Gasteiger partial charge in [-0.3, -0.25) is 19.7 Å². The number of carbonyl (C=O) groups excluding carboxylic acids is 2. The molecule has 8 heteroatoms. The molecule has 8 nitrogen and oxygen atoms in total. The van der Waals surface area contributed by atoms with E-state index in [1.54, 1.807) is 30.3 Å². The van der Waals surface area contributed by atoms with E-state index in [0.29, 0.717) is 23.6 Å². The van der Waals surface area contributed by atoms with Gasteiger partial charge in [-0.25, -0.2) is 0 Å². The molecule has 2 N–H and O–H groups in total. The number of nitro benzene ring substituents is 1. The van der Waals surface area contributed by atoms with E-state index in [1.807, 2.05) is 30.3 Å². The van der Waals surface area contributed by atoms with E-state index in [4.69, 9.17) is 4.74 Å². The first kappa shape index (κ1) is 22.2. The quantitative estimate of drug-likeness (QED) is 0.314. The maximum Gasteiger partial charge on any atom is 0.272 e. The number of non-ortho nitro benzene ring substituents is 1. The largest absolute Gasteiger partial charge is 0.489 e. The van der Waals surface area contributed by atoms with Crippen molar-refractivity contribution in [2.75, 3.05) is 5.32 Å². The van der Waals surface area contributed by atoms with Crippen molar-refractivity contribution in [2.45, 2.75) is 13.5 Å². The van der Waals surface area contributed by atoms with Crippen molar-refractivity contribution in [3.63, 3.8) is 0 Å². The fourth-order valence-corrected chi connectivity index (χ4v) is 2.82. The van der Waals surface area contributed by atoms with E-state index in [0.717, 1.165) is 5.56 Å². The molecule has 0 aliphatic heterocycles. The number of hydrogen-bond donors (Lipinski definition) is 2. The Morgan fingerprint density at radius 3 is 2.38 bits per heavy atom. The van der Waals surface area contributed by atoms with E-state index < -0.39 is 16.7 Å². The maximum absolute atomic E-state index is 12.7. The molecular weight excluding hydrogens is 410 g/mol. The van der Waals surface area contributed by atoms with Gasteiger partial charge in [0, 0.05) is 24.7 Å². The minimum absolute atomic E-state index is 0.0394. The molecule has 0 atom stereocenters. The van der Waals surface area contributed by atoms with Crippen LogP contribution in [0.4, 0.5) is 11.4 Å². The van der Waals surface area contributed by atoms with Crippen molar-refractivity contribution in [1.82, 2.24) is 5.32 Å². The molecule has 32 heavy (non-hydrogen) atoms. The normalized spacial score (nSPS) is 10.8. The van der Waals surface area contributed by atoms with Crippen LogP contribution in [-0.2, 0) is 16.2 Å². The Balaban J connectivity index is 1.70. The monoisotopic (exact) mass is 431 g/mol. The van der Waals surface area contributed by atoms with Crippen LogP contribution < -0.4 is 15.4 Å². The van der Waals surface area contributed by atoms with Crippen molar-refractivity contribution in [1.29, 1.82) is 0 Å². The van der Waals surface area contributed by atoms with Gasteiger partial charge in [-0.1, -0.05) is 42.5 Å². The summed E-state index contributed by atoms with van der Waals surface area (Å²) in [5.74, 6) is -0.368. The van der Waals surface area contributed by atoms with Gasteiger partial charge in [0.15, 0.2) is 0 Å². The number of nitrogens with zero attached hydrogens (tertiary/aromatic N) is 1. The van der Waals surface area contributed by atoms with Crippen LogP contribution in [0.1, 0.15) is 18.1 Å². The SMILES string of the molecule is CC(=O)N/C(=C\c1cccc([N+](=O)[O-])c1)C(=O)Nc1ccc(OCc2ccccc2)cc1. The smallest absolute Gasteiger partial charge is 0.272 e. The highest BCUT2D eigenvalue weighted by Gasteiger charge is 2.13. The van der Waals surface area contributed by atoms with E-state index in [2.05, 4.69) is 10.6 Å². The molecule has 0 fully saturated rings. The summed E-state index contributed by atoms with van der Waals surface area (Å²) in [6, 6.07) is 22.3. The zero-order valence-corrected chi connectivity index (χ0v) is 17.3. The number of amides is 2. The van der Waals surface area contributed by atoms with E-state index in [9.17, 15) is 19.7 Å². The van der Waals surface area contributed by atoms with Crippen LogP contribution in [0.2, 0.25) is 0 Å². The zero-order valence-electron chi connectivity index (χ0n) is 17.3. The zero-order chi connectivity index (χ0) is 22.9. The molecule has 0 spiro atoms. The van der Waals surface area contributed by atoms with Crippen LogP contribution >= 0.6 is 0 Å². The molecule has 0 bridgehead atoms. The summed E-state index contributed by atoms with van der Waals surface area (Å²) < 4.78 is 5.73. The third-order valence-electron chi connectivity index (χ3n) is 4.31. The maximum atomic E-state index is 12.7. The van der Waals surface area contributed by atoms with Crippen LogP contribution in [0.3, 0.4) is 0 Å². The average Bonchev–Trinajstić information content (AvgIpc) is 2.79. The lowest BCUT2D eigenvalue weighted by atomic mass is 10.1. The molecule has 3 rings (SSSR count). The Labute approximate surface area is 184 Å². The minimum Gasteiger partial charge on any atom is -0.489 e. The topological polar surface area (TPSA) is 111 Å². The lowest BCUT2D eigenvalue weighted by molar-refractivity contribution is -0.384. The van der Waals surface area contributed by atoms with Gasteiger partial charge in [-0.15, -0.1) is 0 Å². The minimum atomic E-state index is -0.565. The molecule has 0 aliphatic carbocycles. The van der Waals surface area contributed by atoms with Crippen molar-refractivity contribution in [2.24, 2.45) is 0 Å². The summed E-state index contributed by atoms with van der Waals surface area (Å²) in [6.07, 6.45) is 1.38. The van der Waals surface area contributed by atoms with Gasteiger partial charge >= 0.3 is 0 Å². The fraction of sp³-hybridized carbons (Fsp3) is 0.0833. The number of ether oxygens (including phenoxy) is 1. The molecular formula is C24H21N3O5. The highest BCUT2D eigenvalue weighted by molar-refractivity contribution is 6.08. The number of anilines is 1. The third kappa shape index (κ3) is 6.53. The highest BCUT2D eigenvalue weighted by Crippen LogP contribution is 2.19. The average molecular weight is 431 g/mol. The molecule has 0 saturated heterocycles. The Hall–Kier alpha value is -4.46. The number of nitrogens with one attached hydrogen (secondary N) is 2. The van der Waals surface area contributed by atoms with Crippen LogP contribution in [0.5, 0.6) is 5.75 Å². The molecule has 3 aromatic carbocycles. The van der Waals surface area contributed by atoms with Gasteiger partial charge in [0.2, 0.25) is 5.91 Å². The lowest BCUT2D eigenvalue weighted by Gasteiger charge is -2.11. The Morgan fingerprint density at radius 2 is 1.72 bits per heavy atom. The Kier molecular flexibility index (Phi) is 7.32. The molecule has 0 unspecified atom stereocenters. The summed E-state index contributed by atoms with van der Waals surface area (Å²) in [4.78, 5) is 34.7. The van der Waals surface area contributed by atoms with E-state index in [-0.39, 0.29) is 11.4 Å². The molecule has 2 amide bonds. The summed E-state index contributed by atoms with van der Waals surface area (Å²) >= 11 is 0. The van der Waals surface area contributed by atoms with E-state index in [1.165, 1.54) is 31.2 Å². The number of nitro groups is 1. The summed E-state index contributed by atoms with van der Waals surface area (Å²) in [5.41, 5.74) is 1.78. The Bertz CT molecular complexity index is 1140.